The van der Waals surface area contributed by atoms with Gasteiger partial charge in [0.05, 0.1) is 0 Å². The lowest BCUT2D eigenvalue weighted by Gasteiger charge is -2.02. The summed E-state index contributed by atoms with van der Waals surface area (Å²) in [5.74, 6) is -0.842. The summed E-state index contributed by atoms with van der Waals surface area (Å²) in [5, 5.41) is 13.0. The van der Waals surface area contributed by atoms with Crippen molar-refractivity contribution in [1.82, 2.24) is 0 Å². The van der Waals surface area contributed by atoms with E-state index in [2.05, 4.69) is 24.3 Å². The topological polar surface area (TPSA) is 37.3 Å². The Bertz CT molecular complexity index is 602. The van der Waals surface area contributed by atoms with Crippen LogP contribution in [0.2, 0.25) is 0 Å². The third kappa shape index (κ3) is 2.93. The molecule has 0 aliphatic rings. The number of aliphatic carboxylic acids is 1. The molecule has 0 saturated heterocycles. The van der Waals surface area contributed by atoms with Crippen molar-refractivity contribution in [2.24, 2.45) is 0 Å². The lowest BCUT2D eigenvalue weighted by Crippen LogP contribution is -1.97. The van der Waals surface area contributed by atoms with Gasteiger partial charge in [-0.1, -0.05) is 49.0 Å². The van der Waals surface area contributed by atoms with Gasteiger partial charge in [-0.15, -0.1) is 0 Å². The molecule has 0 radical (unpaired) electrons. The molecule has 0 aliphatic heterocycles. The van der Waals surface area contributed by atoms with E-state index in [9.17, 15) is 4.79 Å². The van der Waals surface area contributed by atoms with Crippen LogP contribution in [0.15, 0.2) is 58.3 Å². The molecule has 2 rings (SSSR count). The van der Waals surface area contributed by atoms with Crippen LogP contribution in [0.3, 0.4) is 0 Å². The maximum atomic E-state index is 10.9. The molecule has 0 aromatic heterocycles. The second-order valence-electron chi connectivity index (χ2n) is 3.93. The van der Waals surface area contributed by atoms with Gasteiger partial charge >= 0.3 is 5.97 Å². The fourth-order valence-electron chi connectivity index (χ4n) is 1.66. The Labute approximate surface area is 110 Å². The average Bonchev–Trinajstić information content (AvgIpc) is 2.39. The van der Waals surface area contributed by atoms with Crippen LogP contribution >= 0.6 is 11.8 Å². The quantitative estimate of drug-likeness (QED) is 0.656. The minimum atomic E-state index is -0.842. The van der Waals surface area contributed by atoms with E-state index in [1.165, 1.54) is 22.5 Å². The zero-order chi connectivity index (χ0) is 13.0. The molecule has 0 bridgehead atoms. The summed E-state index contributed by atoms with van der Waals surface area (Å²) in [6.45, 7) is 1.85. The number of benzene rings is 2. The van der Waals surface area contributed by atoms with Gasteiger partial charge in [-0.05, 0) is 34.7 Å². The smallest absolute Gasteiger partial charge is 0.332 e. The molecular weight excluding hydrogens is 244 g/mol. The molecule has 0 fully saturated rings. The van der Waals surface area contributed by atoms with Gasteiger partial charge in [0.15, 0.2) is 0 Å². The summed E-state index contributed by atoms with van der Waals surface area (Å²) in [7, 11) is 0. The van der Waals surface area contributed by atoms with Crippen molar-refractivity contribution in [1.29, 1.82) is 0 Å². The molecule has 2 aromatic rings. The highest BCUT2D eigenvalue weighted by Gasteiger charge is 2.04. The van der Waals surface area contributed by atoms with Crippen molar-refractivity contribution in [2.45, 2.75) is 18.2 Å². The molecule has 2 aromatic carbocycles. The lowest BCUT2D eigenvalue weighted by atomic mass is 10.1. The third-order valence-corrected chi connectivity index (χ3v) is 3.64. The van der Waals surface area contributed by atoms with Gasteiger partial charge in [0.1, 0.15) is 0 Å². The minimum Gasteiger partial charge on any atom is -0.478 e. The van der Waals surface area contributed by atoms with E-state index < -0.39 is 5.97 Å². The zero-order valence-electron chi connectivity index (χ0n) is 10.1. The van der Waals surface area contributed by atoms with Gasteiger partial charge in [-0.25, -0.2) is 4.79 Å². The van der Waals surface area contributed by atoms with E-state index in [4.69, 9.17) is 5.11 Å². The molecule has 0 heterocycles. The number of thioether (sulfide) groups is 1. The maximum absolute atomic E-state index is 10.9. The van der Waals surface area contributed by atoms with Crippen LogP contribution in [0.1, 0.15) is 13.3 Å². The van der Waals surface area contributed by atoms with E-state index in [0.717, 1.165) is 4.90 Å². The van der Waals surface area contributed by atoms with E-state index in [0.29, 0.717) is 12.0 Å². The molecule has 18 heavy (non-hydrogen) atoms. The SMILES string of the molecule is CCC(=CSc1ccc2ccccc2c1)C(=O)O. The molecule has 0 saturated carbocycles. The number of hydrogen-bond acceptors (Lipinski definition) is 2. The summed E-state index contributed by atoms with van der Waals surface area (Å²) < 4.78 is 0. The minimum absolute atomic E-state index is 0.438. The van der Waals surface area contributed by atoms with E-state index in [1.807, 2.05) is 25.1 Å². The Kier molecular flexibility index (Phi) is 4.05. The maximum Gasteiger partial charge on any atom is 0.332 e. The van der Waals surface area contributed by atoms with E-state index >= 15 is 0 Å². The van der Waals surface area contributed by atoms with Crippen LogP contribution < -0.4 is 0 Å². The summed E-state index contributed by atoms with van der Waals surface area (Å²) in [4.78, 5) is 11.9. The van der Waals surface area contributed by atoms with Gasteiger partial charge in [0.25, 0.3) is 0 Å². The summed E-state index contributed by atoms with van der Waals surface area (Å²) >= 11 is 1.45. The molecule has 1 N–H and O–H groups in total. The summed E-state index contributed by atoms with van der Waals surface area (Å²) in [5.41, 5.74) is 0.438. The Morgan fingerprint density at radius 2 is 1.94 bits per heavy atom. The van der Waals surface area contributed by atoms with Crippen LogP contribution in [0.5, 0.6) is 0 Å². The monoisotopic (exact) mass is 258 g/mol. The first kappa shape index (κ1) is 12.7. The van der Waals surface area contributed by atoms with Crippen molar-refractivity contribution in [3.05, 3.63) is 53.4 Å². The van der Waals surface area contributed by atoms with E-state index in [1.54, 1.807) is 5.41 Å². The van der Waals surface area contributed by atoms with Crippen molar-refractivity contribution >= 4 is 28.5 Å². The van der Waals surface area contributed by atoms with Gasteiger partial charge in [-0.3, -0.25) is 0 Å². The predicted octanol–water partition coefficient (Wildman–Crippen LogP) is 4.31. The van der Waals surface area contributed by atoms with Gasteiger partial charge < -0.3 is 5.11 Å². The van der Waals surface area contributed by atoms with Crippen LogP contribution in [0.4, 0.5) is 0 Å². The highest BCUT2D eigenvalue weighted by Crippen LogP contribution is 2.25. The molecule has 0 unspecified atom stereocenters. The van der Waals surface area contributed by atoms with Gasteiger partial charge in [0, 0.05) is 10.5 Å². The molecule has 0 amide bonds. The second kappa shape index (κ2) is 5.74. The number of carboxylic acid groups (broad SMARTS) is 1. The van der Waals surface area contributed by atoms with Crippen molar-refractivity contribution < 1.29 is 9.90 Å². The van der Waals surface area contributed by atoms with Gasteiger partial charge in [0.2, 0.25) is 0 Å². The first-order chi connectivity index (χ1) is 8.70. The Balaban J connectivity index is 2.24. The van der Waals surface area contributed by atoms with E-state index in [-0.39, 0.29) is 0 Å². The third-order valence-electron chi connectivity index (χ3n) is 2.71. The highest BCUT2D eigenvalue weighted by atomic mass is 32.2. The average molecular weight is 258 g/mol. The zero-order valence-corrected chi connectivity index (χ0v) is 10.9. The molecule has 0 atom stereocenters. The van der Waals surface area contributed by atoms with Crippen molar-refractivity contribution in [2.75, 3.05) is 0 Å². The fraction of sp³-hybridized carbons (Fsp3) is 0.133. The molecule has 0 spiro atoms. The standard InChI is InChI=1S/C15H14O2S/c1-2-11(15(16)17)10-18-14-8-7-12-5-3-4-6-13(12)9-14/h3-10H,2H2,1H3,(H,16,17). The first-order valence-corrected chi connectivity index (χ1v) is 6.66. The number of carbonyl (C=O) groups is 1. The molecular formula is C15H14O2S. The highest BCUT2D eigenvalue weighted by molar-refractivity contribution is 8.02. The largest absolute Gasteiger partial charge is 0.478 e. The van der Waals surface area contributed by atoms with Gasteiger partial charge in [-0.2, -0.15) is 0 Å². The Morgan fingerprint density at radius 1 is 1.22 bits per heavy atom. The first-order valence-electron chi connectivity index (χ1n) is 5.78. The normalized spacial score (nSPS) is 11.7. The predicted molar refractivity (Wildman–Crippen MR) is 75.8 cm³/mol. The number of carboxylic acids is 1. The molecule has 2 nitrogen and oxygen atoms in total. The van der Waals surface area contributed by atoms with Crippen LogP contribution in [-0.4, -0.2) is 11.1 Å². The van der Waals surface area contributed by atoms with Crippen LogP contribution in [-0.2, 0) is 4.79 Å². The second-order valence-corrected chi connectivity index (χ2v) is 4.87. The van der Waals surface area contributed by atoms with Crippen molar-refractivity contribution in [3.8, 4) is 0 Å². The number of hydrogen-bond donors (Lipinski definition) is 1. The summed E-state index contributed by atoms with van der Waals surface area (Å²) in [6.07, 6.45) is 0.538. The molecule has 0 aliphatic carbocycles. The lowest BCUT2D eigenvalue weighted by molar-refractivity contribution is -0.132. The van der Waals surface area contributed by atoms with Crippen LogP contribution in [0.25, 0.3) is 10.8 Å². The number of fused-ring (bicyclic) bond motifs is 1. The molecule has 92 valence electrons. The Morgan fingerprint density at radius 3 is 2.61 bits per heavy atom. The molecule has 3 heteroatoms. The fourth-order valence-corrected chi connectivity index (χ4v) is 2.55. The summed E-state index contributed by atoms with van der Waals surface area (Å²) in [6, 6.07) is 14.3. The Hall–Kier alpha value is -1.74. The van der Waals surface area contributed by atoms with Crippen LogP contribution in [0, 0.1) is 0 Å². The number of rotatable bonds is 4. The van der Waals surface area contributed by atoms with Crippen molar-refractivity contribution in [3.63, 3.8) is 0 Å².